The predicted octanol–water partition coefficient (Wildman–Crippen LogP) is 1.86. The molecule has 106 valence electrons. The summed E-state index contributed by atoms with van der Waals surface area (Å²) in [6.07, 6.45) is 0.477. The van der Waals surface area contributed by atoms with Crippen LogP contribution in [0.5, 0.6) is 11.5 Å². The van der Waals surface area contributed by atoms with Crippen LogP contribution in [0.25, 0.3) is 0 Å². The van der Waals surface area contributed by atoms with Gasteiger partial charge >= 0.3 is 0 Å². The molecule has 0 saturated carbocycles. The van der Waals surface area contributed by atoms with Crippen molar-refractivity contribution in [2.75, 3.05) is 34.4 Å². The Labute approximate surface area is 114 Å². The number of aliphatic hydroxyl groups excluding tert-OH is 1. The standard InChI is InChI=1S/C15H23NO3/c1-5-16(2)9-11-6-10-7-13(18-3)14(19-4)8-12(10)15(11)17/h7-8,11,15,17H,5-6,9H2,1-4H3. The topological polar surface area (TPSA) is 41.9 Å². The first-order chi connectivity index (χ1) is 9.10. The maximum atomic E-state index is 10.4. The number of hydrogen-bond acceptors (Lipinski definition) is 4. The van der Waals surface area contributed by atoms with Crippen molar-refractivity contribution in [2.45, 2.75) is 19.4 Å². The Hall–Kier alpha value is -1.26. The van der Waals surface area contributed by atoms with Crippen LogP contribution in [0.4, 0.5) is 0 Å². The lowest BCUT2D eigenvalue weighted by Crippen LogP contribution is -2.27. The van der Waals surface area contributed by atoms with E-state index in [9.17, 15) is 5.11 Å². The quantitative estimate of drug-likeness (QED) is 0.882. The second-order valence-electron chi connectivity index (χ2n) is 5.17. The third-order valence-corrected chi connectivity index (χ3v) is 3.98. The summed E-state index contributed by atoms with van der Waals surface area (Å²) in [4.78, 5) is 2.23. The number of ether oxygens (including phenoxy) is 2. The maximum absolute atomic E-state index is 10.4. The number of nitrogens with zero attached hydrogens (tertiary/aromatic N) is 1. The number of aliphatic hydroxyl groups is 1. The molecule has 0 fully saturated rings. The zero-order valence-corrected chi connectivity index (χ0v) is 12.1. The number of rotatable bonds is 5. The minimum Gasteiger partial charge on any atom is -0.493 e. The van der Waals surface area contributed by atoms with Gasteiger partial charge in [0, 0.05) is 12.5 Å². The summed E-state index contributed by atoms with van der Waals surface area (Å²) in [5, 5.41) is 10.4. The van der Waals surface area contributed by atoms with Crippen LogP contribution < -0.4 is 9.47 Å². The zero-order valence-electron chi connectivity index (χ0n) is 12.1. The van der Waals surface area contributed by atoms with Crippen LogP contribution in [-0.4, -0.2) is 44.4 Å². The summed E-state index contributed by atoms with van der Waals surface area (Å²) < 4.78 is 10.6. The fraction of sp³-hybridized carbons (Fsp3) is 0.600. The van der Waals surface area contributed by atoms with Gasteiger partial charge in [0.25, 0.3) is 0 Å². The number of fused-ring (bicyclic) bond motifs is 1. The first kappa shape index (κ1) is 14.2. The summed E-state index contributed by atoms with van der Waals surface area (Å²) in [5.41, 5.74) is 2.15. The molecule has 0 saturated heterocycles. The predicted molar refractivity (Wildman–Crippen MR) is 74.9 cm³/mol. The van der Waals surface area contributed by atoms with Gasteiger partial charge in [-0.1, -0.05) is 6.92 Å². The van der Waals surface area contributed by atoms with E-state index in [2.05, 4.69) is 18.9 Å². The van der Waals surface area contributed by atoms with E-state index in [4.69, 9.17) is 9.47 Å². The molecule has 1 aliphatic carbocycles. The largest absolute Gasteiger partial charge is 0.493 e. The van der Waals surface area contributed by atoms with E-state index >= 15 is 0 Å². The summed E-state index contributed by atoms with van der Waals surface area (Å²) in [6.45, 7) is 4.02. The zero-order chi connectivity index (χ0) is 14.0. The van der Waals surface area contributed by atoms with Crippen molar-refractivity contribution < 1.29 is 14.6 Å². The lowest BCUT2D eigenvalue weighted by Gasteiger charge is -2.21. The van der Waals surface area contributed by atoms with Crippen molar-refractivity contribution >= 4 is 0 Å². The summed E-state index contributed by atoms with van der Waals surface area (Å²) in [6, 6.07) is 3.90. The molecule has 19 heavy (non-hydrogen) atoms. The summed E-state index contributed by atoms with van der Waals surface area (Å²) in [7, 11) is 5.34. The highest BCUT2D eigenvalue weighted by Gasteiger charge is 2.32. The SMILES string of the molecule is CCN(C)CC1Cc2cc(OC)c(OC)cc2C1O. The molecule has 0 heterocycles. The molecule has 1 aliphatic rings. The summed E-state index contributed by atoms with van der Waals surface area (Å²) >= 11 is 0. The first-order valence-electron chi connectivity index (χ1n) is 6.72. The second-order valence-corrected chi connectivity index (χ2v) is 5.17. The molecule has 1 N–H and O–H groups in total. The van der Waals surface area contributed by atoms with Crippen molar-refractivity contribution in [1.29, 1.82) is 0 Å². The van der Waals surface area contributed by atoms with E-state index in [1.54, 1.807) is 14.2 Å². The van der Waals surface area contributed by atoms with Gasteiger partial charge in [-0.05, 0) is 43.3 Å². The summed E-state index contributed by atoms with van der Waals surface area (Å²) in [5.74, 6) is 1.67. The van der Waals surface area contributed by atoms with Crippen LogP contribution >= 0.6 is 0 Å². The lowest BCUT2D eigenvalue weighted by molar-refractivity contribution is 0.101. The lowest BCUT2D eigenvalue weighted by atomic mass is 10.0. The van der Waals surface area contributed by atoms with Gasteiger partial charge in [0.05, 0.1) is 20.3 Å². The molecule has 2 rings (SSSR count). The van der Waals surface area contributed by atoms with Crippen molar-refractivity contribution in [1.82, 2.24) is 4.90 Å². The fourth-order valence-electron chi connectivity index (χ4n) is 2.73. The Morgan fingerprint density at radius 3 is 2.47 bits per heavy atom. The van der Waals surface area contributed by atoms with Crippen LogP contribution in [0.2, 0.25) is 0 Å². The molecular weight excluding hydrogens is 242 g/mol. The highest BCUT2D eigenvalue weighted by Crippen LogP contribution is 2.42. The Morgan fingerprint density at radius 1 is 1.26 bits per heavy atom. The van der Waals surface area contributed by atoms with Gasteiger partial charge in [-0.25, -0.2) is 0 Å². The van der Waals surface area contributed by atoms with Gasteiger partial charge in [0.15, 0.2) is 11.5 Å². The number of hydrogen-bond donors (Lipinski definition) is 1. The average molecular weight is 265 g/mol. The van der Waals surface area contributed by atoms with Crippen LogP contribution in [0, 0.1) is 5.92 Å². The Bertz CT molecular complexity index is 447. The first-order valence-corrected chi connectivity index (χ1v) is 6.72. The van der Waals surface area contributed by atoms with Crippen molar-refractivity contribution in [3.05, 3.63) is 23.3 Å². The molecule has 1 aromatic rings. The van der Waals surface area contributed by atoms with E-state index in [-0.39, 0.29) is 5.92 Å². The third kappa shape index (κ3) is 2.69. The number of methoxy groups -OCH3 is 2. The highest BCUT2D eigenvalue weighted by molar-refractivity contribution is 5.50. The number of benzene rings is 1. The monoisotopic (exact) mass is 265 g/mol. The maximum Gasteiger partial charge on any atom is 0.161 e. The van der Waals surface area contributed by atoms with Gasteiger partial charge < -0.3 is 19.5 Å². The van der Waals surface area contributed by atoms with E-state index in [1.165, 1.54) is 5.56 Å². The van der Waals surface area contributed by atoms with E-state index in [0.29, 0.717) is 5.75 Å². The van der Waals surface area contributed by atoms with Gasteiger partial charge in [0.1, 0.15) is 0 Å². The van der Waals surface area contributed by atoms with Crippen LogP contribution in [-0.2, 0) is 6.42 Å². The molecule has 4 nitrogen and oxygen atoms in total. The molecule has 4 heteroatoms. The fourth-order valence-corrected chi connectivity index (χ4v) is 2.73. The normalized spacial score (nSPS) is 21.6. The Morgan fingerprint density at radius 2 is 1.89 bits per heavy atom. The highest BCUT2D eigenvalue weighted by atomic mass is 16.5. The molecule has 0 bridgehead atoms. The third-order valence-electron chi connectivity index (χ3n) is 3.98. The van der Waals surface area contributed by atoms with E-state index < -0.39 is 6.10 Å². The average Bonchev–Trinajstić information content (AvgIpc) is 2.73. The smallest absolute Gasteiger partial charge is 0.161 e. The molecule has 0 aromatic heterocycles. The van der Waals surface area contributed by atoms with Crippen LogP contribution in [0.3, 0.4) is 0 Å². The van der Waals surface area contributed by atoms with Gasteiger partial charge in [-0.3, -0.25) is 0 Å². The molecule has 2 atom stereocenters. The molecule has 0 radical (unpaired) electrons. The van der Waals surface area contributed by atoms with E-state index in [0.717, 1.165) is 30.8 Å². The Kier molecular flexibility index (Phi) is 4.32. The molecule has 1 aromatic carbocycles. The van der Waals surface area contributed by atoms with Gasteiger partial charge in [-0.15, -0.1) is 0 Å². The molecule has 0 aliphatic heterocycles. The second kappa shape index (κ2) is 5.80. The van der Waals surface area contributed by atoms with Crippen LogP contribution in [0.1, 0.15) is 24.2 Å². The molecule has 2 unspecified atom stereocenters. The van der Waals surface area contributed by atoms with Crippen molar-refractivity contribution in [3.63, 3.8) is 0 Å². The minimum absolute atomic E-state index is 0.247. The molecule has 0 amide bonds. The van der Waals surface area contributed by atoms with Crippen LogP contribution in [0.15, 0.2) is 12.1 Å². The molecule has 0 spiro atoms. The van der Waals surface area contributed by atoms with E-state index in [1.807, 2.05) is 12.1 Å². The van der Waals surface area contributed by atoms with Gasteiger partial charge in [-0.2, -0.15) is 0 Å². The van der Waals surface area contributed by atoms with Gasteiger partial charge in [0.2, 0.25) is 0 Å². The van der Waals surface area contributed by atoms with Crippen molar-refractivity contribution in [3.8, 4) is 11.5 Å². The van der Waals surface area contributed by atoms with Crippen molar-refractivity contribution in [2.24, 2.45) is 5.92 Å². The Balaban J connectivity index is 2.25. The molecular formula is C15H23NO3. The minimum atomic E-state index is -0.413.